The van der Waals surface area contributed by atoms with Gasteiger partial charge in [-0.25, -0.2) is 0 Å². The lowest BCUT2D eigenvalue weighted by atomic mass is 10.0. The van der Waals surface area contributed by atoms with Crippen molar-refractivity contribution in [1.29, 1.82) is 0 Å². The fraction of sp³-hybridized carbons (Fsp3) is 0.625. The summed E-state index contributed by atoms with van der Waals surface area (Å²) in [5, 5.41) is 0.683. The quantitative estimate of drug-likeness (QED) is 0.380. The Labute approximate surface area is 127 Å². The summed E-state index contributed by atoms with van der Waals surface area (Å²) in [5.74, 6) is 0.703. The second kappa shape index (κ2) is 9.50. The second-order valence-corrected chi connectivity index (χ2v) is 5.85. The third-order valence-corrected chi connectivity index (χ3v) is 4.11. The monoisotopic (exact) mass is 302 g/mol. The van der Waals surface area contributed by atoms with E-state index in [0.29, 0.717) is 10.8 Å². The first-order valence-electron chi connectivity index (χ1n) is 7.16. The number of ether oxygens (including phenoxy) is 1. The van der Waals surface area contributed by atoms with Gasteiger partial charge in [-0.05, 0) is 24.1 Å². The van der Waals surface area contributed by atoms with Crippen LogP contribution in [-0.2, 0) is 0 Å². The average Bonchev–Trinajstić information content (AvgIpc) is 2.42. The number of methoxy groups -OCH3 is 1. The van der Waals surface area contributed by atoms with Crippen molar-refractivity contribution in [2.75, 3.05) is 7.11 Å². The van der Waals surface area contributed by atoms with Crippen LogP contribution < -0.4 is 4.74 Å². The van der Waals surface area contributed by atoms with Gasteiger partial charge in [0.25, 0.3) is 0 Å². The zero-order valence-electron chi connectivity index (χ0n) is 11.9. The van der Waals surface area contributed by atoms with Crippen molar-refractivity contribution in [2.45, 2.75) is 57.2 Å². The van der Waals surface area contributed by atoms with E-state index in [2.05, 4.69) is 6.92 Å². The van der Waals surface area contributed by atoms with Gasteiger partial charge in [0, 0.05) is 0 Å². The average molecular weight is 303 g/mol. The van der Waals surface area contributed by atoms with Crippen LogP contribution in [0.2, 0.25) is 5.02 Å². The van der Waals surface area contributed by atoms with Gasteiger partial charge in [0.1, 0.15) is 5.75 Å². The van der Waals surface area contributed by atoms with E-state index in [1.54, 1.807) is 7.11 Å². The molecule has 1 rings (SSSR count). The molecule has 3 heteroatoms. The highest BCUT2D eigenvalue weighted by Gasteiger charge is 2.10. The highest BCUT2D eigenvalue weighted by Crippen LogP contribution is 2.32. The molecule has 1 nitrogen and oxygen atoms in total. The third-order valence-electron chi connectivity index (χ3n) is 3.35. The van der Waals surface area contributed by atoms with Crippen molar-refractivity contribution in [3.05, 3.63) is 28.8 Å². The number of alkyl halides is 1. The minimum absolute atomic E-state index is 0.0505. The van der Waals surface area contributed by atoms with Crippen molar-refractivity contribution < 1.29 is 4.74 Å². The molecule has 1 unspecified atom stereocenters. The molecule has 0 radical (unpaired) electrons. The van der Waals surface area contributed by atoms with Crippen molar-refractivity contribution in [3.63, 3.8) is 0 Å². The van der Waals surface area contributed by atoms with Crippen LogP contribution in [0.25, 0.3) is 0 Å². The molecule has 1 atom stereocenters. The molecule has 1 aromatic carbocycles. The van der Waals surface area contributed by atoms with Gasteiger partial charge in [-0.15, -0.1) is 11.6 Å². The number of unbranched alkanes of at least 4 members (excludes halogenated alkanes) is 5. The van der Waals surface area contributed by atoms with Crippen LogP contribution in [0.3, 0.4) is 0 Å². The van der Waals surface area contributed by atoms with Crippen molar-refractivity contribution >= 4 is 23.2 Å². The van der Waals surface area contributed by atoms with Crippen LogP contribution >= 0.6 is 23.2 Å². The molecule has 0 N–H and O–H groups in total. The van der Waals surface area contributed by atoms with Gasteiger partial charge in [0.05, 0.1) is 17.5 Å². The van der Waals surface area contributed by atoms with E-state index in [-0.39, 0.29) is 5.38 Å². The first kappa shape index (κ1) is 16.7. The maximum absolute atomic E-state index is 6.41. The third kappa shape index (κ3) is 6.05. The predicted octanol–water partition coefficient (Wildman–Crippen LogP) is 6.38. The smallest absolute Gasteiger partial charge is 0.137 e. The Hall–Kier alpha value is -0.400. The Morgan fingerprint density at radius 3 is 2.42 bits per heavy atom. The highest BCUT2D eigenvalue weighted by atomic mass is 35.5. The van der Waals surface area contributed by atoms with Crippen LogP contribution in [0.15, 0.2) is 18.2 Å². The zero-order chi connectivity index (χ0) is 14.1. The first-order valence-corrected chi connectivity index (χ1v) is 7.98. The first-order chi connectivity index (χ1) is 9.19. The van der Waals surface area contributed by atoms with Gasteiger partial charge in [0.2, 0.25) is 0 Å². The highest BCUT2D eigenvalue weighted by molar-refractivity contribution is 6.32. The maximum atomic E-state index is 6.41. The molecule has 0 spiro atoms. The van der Waals surface area contributed by atoms with E-state index in [9.17, 15) is 0 Å². The molecule has 19 heavy (non-hydrogen) atoms. The largest absolute Gasteiger partial charge is 0.495 e. The Morgan fingerprint density at radius 2 is 1.79 bits per heavy atom. The molecular formula is C16H24Cl2O. The van der Waals surface area contributed by atoms with E-state index >= 15 is 0 Å². The lowest BCUT2D eigenvalue weighted by Gasteiger charge is -2.11. The van der Waals surface area contributed by atoms with Gasteiger partial charge < -0.3 is 4.74 Å². The minimum Gasteiger partial charge on any atom is -0.495 e. The Bertz CT molecular complexity index is 366. The van der Waals surface area contributed by atoms with Gasteiger partial charge in [0.15, 0.2) is 0 Å². The van der Waals surface area contributed by atoms with E-state index in [0.717, 1.165) is 12.0 Å². The Balaban J connectivity index is 2.33. The standard InChI is InChI=1S/C16H24Cl2O/c1-3-4-5-6-7-8-9-14(17)13-10-11-16(19-2)15(18)12-13/h10-12,14H,3-9H2,1-2H3. The Kier molecular flexibility index (Phi) is 8.32. The minimum atomic E-state index is 0.0505. The molecule has 0 fully saturated rings. The number of halogens is 2. The summed E-state index contributed by atoms with van der Waals surface area (Å²) in [6.07, 6.45) is 8.77. The van der Waals surface area contributed by atoms with Crippen LogP contribution in [0.4, 0.5) is 0 Å². The maximum Gasteiger partial charge on any atom is 0.137 e. The fourth-order valence-corrected chi connectivity index (χ4v) is 2.70. The van der Waals surface area contributed by atoms with Gasteiger partial charge in [-0.1, -0.05) is 63.1 Å². The van der Waals surface area contributed by atoms with Gasteiger partial charge in [-0.2, -0.15) is 0 Å². The van der Waals surface area contributed by atoms with E-state index in [1.165, 1.54) is 38.5 Å². The van der Waals surface area contributed by atoms with Crippen molar-refractivity contribution in [2.24, 2.45) is 0 Å². The van der Waals surface area contributed by atoms with E-state index in [1.807, 2.05) is 18.2 Å². The molecule has 0 aliphatic rings. The summed E-state index contributed by atoms with van der Waals surface area (Å²) in [6.45, 7) is 2.24. The van der Waals surface area contributed by atoms with Gasteiger partial charge >= 0.3 is 0 Å². The van der Waals surface area contributed by atoms with Crippen LogP contribution in [0, 0.1) is 0 Å². The van der Waals surface area contributed by atoms with Gasteiger partial charge in [-0.3, -0.25) is 0 Å². The van der Waals surface area contributed by atoms with E-state index in [4.69, 9.17) is 27.9 Å². The van der Waals surface area contributed by atoms with Crippen LogP contribution in [-0.4, -0.2) is 7.11 Å². The molecule has 0 amide bonds. The summed E-state index contributed by atoms with van der Waals surface area (Å²) < 4.78 is 5.14. The zero-order valence-corrected chi connectivity index (χ0v) is 13.4. The molecule has 1 aromatic rings. The second-order valence-electron chi connectivity index (χ2n) is 4.92. The molecule has 0 saturated carbocycles. The molecular weight excluding hydrogens is 279 g/mol. The van der Waals surface area contributed by atoms with E-state index < -0.39 is 0 Å². The number of benzene rings is 1. The molecule has 0 aromatic heterocycles. The molecule has 0 heterocycles. The molecule has 0 aliphatic carbocycles. The summed E-state index contributed by atoms with van der Waals surface area (Å²) in [5.41, 5.74) is 1.08. The summed E-state index contributed by atoms with van der Waals surface area (Å²) in [4.78, 5) is 0. The predicted molar refractivity (Wildman–Crippen MR) is 84.6 cm³/mol. The van der Waals surface area contributed by atoms with Crippen molar-refractivity contribution in [3.8, 4) is 5.75 Å². The number of hydrogen-bond acceptors (Lipinski definition) is 1. The SMILES string of the molecule is CCCCCCCCC(Cl)c1ccc(OC)c(Cl)c1. The fourth-order valence-electron chi connectivity index (χ4n) is 2.15. The van der Waals surface area contributed by atoms with Crippen LogP contribution in [0.1, 0.15) is 62.8 Å². The van der Waals surface area contributed by atoms with Crippen molar-refractivity contribution in [1.82, 2.24) is 0 Å². The molecule has 0 saturated heterocycles. The number of rotatable bonds is 9. The summed E-state index contributed by atoms with van der Waals surface area (Å²) >= 11 is 12.5. The Morgan fingerprint density at radius 1 is 1.11 bits per heavy atom. The summed E-state index contributed by atoms with van der Waals surface area (Å²) in [6, 6.07) is 5.79. The lowest BCUT2D eigenvalue weighted by molar-refractivity contribution is 0.415. The molecule has 0 bridgehead atoms. The lowest BCUT2D eigenvalue weighted by Crippen LogP contribution is -1.93. The number of hydrogen-bond donors (Lipinski definition) is 0. The normalized spacial score (nSPS) is 12.4. The summed E-state index contributed by atoms with van der Waals surface area (Å²) in [7, 11) is 1.62. The van der Waals surface area contributed by atoms with Crippen LogP contribution in [0.5, 0.6) is 5.75 Å². The topological polar surface area (TPSA) is 9.23 Å². The molecule has 108 valence electrons. The molecule has 0 aliphatic heterocycles.